The van der Waals surface area contributed by atoms with E-state index < -0.39 is 0 Å². The Labute approximate surface area is 161 Å². The predicted octanol–water partition coefficient (Wildman–Crippen LogP) is 3.72. The highest BCUT2D eigenvalue weighted by molar-refractivity contribution is 6.23. The summed E-state index contributed by atoms with van der Waals surface area (Å²) >= 11 is 0. The van der Waals surface area contributed by atoms with E-state index in [1.807, 2.05) is 42.5 Å². The van der Waals surface area contributed by atoms with Crippen molar-refractivity contribution in [3.8, 4) is 11.5 Å². The summed E-state index contributed by atoms with van der Waals surface area (Å²) in [5, 5.41) is 3.45. The monoisotopic (exact) mass is 371 g/mol. The van der Waals surface area contributed by atoms with E-state index in [-0.39, 0.29) is 24.3 Å². The van der Waals surface area contributed by atoms with Crippen molar-refractivity contribution < 1.29 is 19.1 Å². The SMILES string of the molecule is O=C1CCCC2=C1[C@@H](c1ccc3c(c1)OCO3)C1=C(N2)c2ccccc2C1=O. The van der Waals surface area contributed by atoms with Crippen LogP contribution in [0.2, 0.25) is 0 Å². The van der Waals surface area contributed by atoms with Crippen molar-refractivity contribution in [3.63, 3.8) is 0 Å². The zero-order valence-corrected chi connectivity index (χ0v) is 15.1. The molecule has 0 saturated heterocycles. The molecule has 2 aromatic carbocycles. The van der Waals surface area contributed by atoms with E-state index in [1.54, 1.807) is 0 Å². The highest BCUT2D eigenvalue weighted by Crippen LogP contribution is 2.50. The number of ketones is 2. The Hall–Kier alpha value is -3.34. The van der Waals surface area contributed by atoms with Crippen LogP contribution in [0, 0.1) is 0 Å². The Balaban J connectivity index is 1.59. The molecule has 1 atom stereocenters. The number of ether oxygens (including phenoxy) is 2. The Morgan fingerprint density at radius 2 is 1.71 bits per heavy atom. The lowest BCUT2D eigenvalue weighted by Gasteiger charge is -2.33. The molecule has 0 bridgehead atoms. The molecule has 0 aromatic heterocycles. The molecule has 4 aliphatic rings. The van der Waals surface area contributed by atoms with Gasteiger partial charge in [-0.1, -0.05) is 30.3 Å². The van der Waals surface area contributed by atoms with Crippen molar-refractivity contribution in [3.05, 3.63) is 76.0 Å². The molecule has 0 radical (unpaired) electrons. The van der Waals surface area contributed by atoms with Crippen molar-refractivity contribution in [2.24, 2.45) is 0 Å². The Bertz CT molecular complexity index is 1140. The molecule has 5 heteroatoms. The lowest BCUT2D eigenvalue weighted by molar-refractivity contribution is -0.116. The lowest BCUT2D eigenvalue weighted by atomic mass is 9.75. The van der Waals surface area contributed by atoms with Crippen molar-refractivity contribution in [2.75, 3.05) is 6.79 Å². The second-order valence-corrected chi connectivity index (χ2v) is 7.50. The molecule has 0 amide bonds. The third kappa shape index (κ3) is 2.01. The molecular formula is C23H17NO4. The first-order chi connectivity index (χ1) is 13.7. The third-order valence-corrected chi connectivity index (χ3v) is 5.99. The Kier molecular flexibility index (Phi) is 3.13. The van der Waals surface area contributed by atoms with Gasteiger partial charge in [0.25, 0.3) is 0 Å². The van der Waals surface area contributed by atoms with Crippen LogP contribution in [-0.2, 0) is 4.79 Å². The molecule has 1 N–H and O–H groups in total. The van der Waals surface area contributed by atoms with Gasteiger partial charge in [0.2, 0.25) is 6.79 Å². The van der Waals surface area contributed by atoms with Gasteiger partial charge in [0, 0.05) is 40.3 Å². The minimum Gasteiger partial charge on any atom is -0.454 e. The van der Waals surface area contributed by atoms with Crippen LogP contribution in [0.15, 0.2) is 59.3 Å². The number of hydrogen-bond donors (Lipinski definition) is 1. The number of allylic oxidation sites excluding steroid dienone is 3. The van der Waals surface area contributed by atoms with Crippen LogP contribution in [0.5, 0.6) is 11.5 Å². The molecular weight excluding hydrogens is 354 g/mol. The predicted molar refractivity (Wildman–Crippen MR) is 102 cm³/mol. The van der Waals surface area contributed by atoms with Crippen molar-refractivity contribution in [1.29, 1.82) is 0 Å². The van der Waals surface area contributed by atoms with Crippen LogP contribution in [0.1, 0.15) is 46.7 Å². The maximum absolute atomic E-state index is 13.3. The van der Waals surface area contributed by atoms with Gasteiger partial charge in [-0.15, -0.1) is 0 Å². The number of benzene rings is 2. The molecule has 6 rings (SSSR count). The van der Waals surface area contributed by atoms with Gasteiger partial charge in [-0.25, -0.2) is 0 Å². The minimum absolute atomic E-state index is 0.00862. The molecule has 5 nitrogen and oxygen atoms in total. The van der Waals surface area contributed by atoms with Gasteiger partial charge in [0.15, 0.2) is 23.1 Å². The molecule has 2 heterocycles. The maximum Gasteiger partial charge on any atom is 0.231 e. The smallest absolute Gasteiger partial charge is 0.231 e. The quantitative estimate of drug-likeness (QED) is 0.828. The summed E-state index contributed by atoms with van der Waals surface area (Å²) in [5.74, 6) is 1.08. The Morgan fingerprint density at radius 1 is 0.893 bits per heavy atom. The second kappa shape index (κ2) is 5.58. The van der Waals surface area contributed by atoms with Gasteiger partial charge in [0.05, 0.1) is 5.70 Å². The summed E-state index contributed by atoms with van der Waals surface area (Å²) in [6.07, 6.45) is 2.16. The van der Waals surface area contributed by atoms with Crippen LogP contribution in [0.4, 0.5) is 0 Å². The average molecular weight is 371 g/mol. The van der Waals surface area contributed by atoms with E-state index >= 15 is 0 Å². The normalized spacial score (nSPS) is 22.1. The average Bonchev–Trinajstić information content (AvgIpc) is 3.30. The molecule has 28 heavy (non-hydrogen) atoms. The second-order valence-electron chi connectivity index (χ2n) is 7.50. The fraction of sp³-hybridized carbons (Fsp3) is 0.217. The highest BCUT2D eigenvalue weighted by atomic mass is 16.7. The van der Waals surface area contributed by atoms with Gasteiger partial charge in [-0.2, -0.15) is 0 Å². The molecule has 2 aliphatic carbocycles. The number of dihydropyridines is 1. The summed E-state index contributed by atoms with van der Waals surface area (Å²) < 4.78 is 11.0. The minimum atomic E-state index is -0.381. The number of fused-ring (bicyclic) bond motifs is 3. The molecule has 2 aliphatic heterocycles. The van der Waals surface area contributed by atoms with Crippen LogP contribution >= 0.6 is 0 Å². The van der Waals surface area contributed by atoms with Crippen LogP contribution in [0.3, 0.4) is 0 Å². The summed E-state index contributed by atoms with van der Waals surface area (Å²) in [6.45, 7) is 0.191. The molecule has 0 unspecified atom stereocenters. The first kappa shape index (κ1) is 15.7. The zero-order chi connectivity index (χ0) is 18.8. The highest BCUT2D eigenvalue weighted by Gasteiger charge is 2.43. The lowest BCUT2D eigenvalue weighted by Crippen LogP contribution is -2.31. The fourth-order valence-corrected chi connectivity index (χ4v) is 4.76. The zero-order valence-electron chi connectivity index (χ0n) is 15.1. The first-order valence-corrected chi connectivity index (χ1v) is 9.53. The fourth-order valence-electron chi connectivity index (χ4n) is 4.76. The van der Waals surface area contributed by atoms with Gasteiger partial charge in [-0.05, 0) is 30.5 Å². The van der Waals surface area contributed by atoms with E-state index in [0.717, 1.165) is 40.9 Å². The molecule has 0 fully saturated rings. The summed E-state index contributed by atoms with van der Waals surface area (Å²) in [5.41, 5.74) is 5.68. The van der Waals surface area contributed by atoms with Crippen LogP contribution in [-0.4, -0.2) is 18.4 Å². The summed E-state index contributed by atoms with van der Waals surface area (Å²) in [7, 11) is 0. The third-order valence-electron chi connectivity index (χ3n) is 5.99. The number of Topliss-reactive ketones (excluding diaryl/α,β-unsaturated/α-hetero) is 2. The molecule has 138 valence electrons. The maximum atomic E-state index is 13.3. The Morgan fingerprint density at radius 3 is 2.61 bits per heavy atom. The standard InChI is InChI=1S/C23H17NO4/c25-16-7-3-6-15-20(16)19(12-8-9-17-18(10-12)28-11-27-17)21-22(24-15)13-4-1-2-5-14(13)23(21)26/h1-2,4-5,8-10,19,24H,3,6-7,11H2/t19-/m1/s1. The van der Waals surface area contributed by atoms with Gasteiger partial charge in [0.1, 0.15) is 0 Å². The van der Waals surface area contributed by atoms with E-state index in [9.17, 15) is 9.59 Å². The van der Waals surface area contributed by atoms with Gasteiger partial charge >= 0.3 is 0 Å². The largest absolute Gasteiger partial charge is 0.454 e. The van der Waals surface area contributed by atoms with Gasteiger partial charge < -0.3 is 14.8 Å². The number of carbonyl (C=O) groups excluding carboxylic acids is 2. The molecule has 0 saturated carbocycles. The summed E-state index contributed by atoms with van der Waals surface area (Å²) in [4.78, 5) is 26.3. The number of hydrogen-bond acceptors (Lipinski definition) is 5. The molecule has 2 aromatic rings. The topological polar surface area (TPSA) is 64.6 Å². The molecule has 0 spiro atoms. The number of carbonyl (C=O) groups is 2. The van der Waals surface area contributed by atoms with Crippen molar-refractivity contribution >= 4 is 17.3 Å². The van der Waals surface area contributed by atoms with E-state index in [1.165, 1.54) is 0 Å². The number of rotatable bonds is 1. The van der Waals surface area contributed by atoms with Gasteiger partial charge in [-0.3, -0.25) is 9.59 Å². The van der Waals surface area contributed by atoms with E-state index in [0.29, 0.717) is 29.1 Å². The van der Waals surface area contributed by atoms with Crippen molar-refractivity contribution in [1.82, 2.24) is 5.32 Å². The van der Waals surface area contributed by atoms with Crippen LogP contribution < -0.4 is 14.8 Å². The summed E-state index contributed by atoms with van der Waals surface area (Å²) in [6, 6.07) is 13.4. The van der Waals surface area contributed by atoms with E-state index in [4.69, 9.17) is 9.47 Å². The van der Waals surface area contributed by atoms with E-state index in [2.05, 4.69) is 5.32 Å². The van der Waals surface area contributed by atoms with Crippen molar-refractivity contribution in [2.45, 2.75) is 25.2 Å². The first-order valence-electron chi connectivity index (χ1n) is 9.53. The number of nitrogens with one attached hydrogen (secondary N) is 1. The van der Waals surface area contributed by atoms with Crippen LogP contribution in [0.25, 0.3) is 5.70 Å².